The van der Waals surface area contributed by atoms with Gasteiger partial charge in [-0.1, -0.05) is 18.5 Å². The molecule has 7 heteroatoms. The summed E-state index contributed by atoms with van der Waals surface area (Å²) in [5.41, 5.74) is 1.08. The Hall–Kier alpha value is -2.99. The third-order valence-corrected chi connectivity index (χ3v) is 6.30. The predicted octanol–water partition coefficient (Wildman–Crippen LogP) is 4.31. The maximum Gasteiger partial charge on any atom is 0.338 e. The van der Waals surface area contributed by atoms with E-state index in [0.29, 0.717) is 22.2 Å². The van der Waals surface area contributed by atoms with Gasteiger partial charge in [-0.05, 0) is 73.7 Å². The maximum absolute atomic E-state index is 12.8. The van der Waals surface area contributed by atoms with Crippen LogP contribution in [0.3, 0.4) is 0 Å². The summed E-state index contributed by atoms with van der Waals surface area (Å²) in [5, 5.41) is 0.511. The Labute approximate surface area is 185 Å². The van der Waals surface area contributed by atoms with Gasteiger partial charge in [0.05, 0.1) is 23.1 Å². The summed E-state index contributed by atoms with van der Waals surface area (Å²) in [6.45, 7) is 1.71. The number of fused-ring (bicyclic) bond motifs is 1. The predicted molar refractivity (Wildman–Crippen MR) is 115 cm³/mol. The number of nitrogens with zero attached hydrogens (tertiary/aromatic N) is 1. The minimum Gasteiger partial charge on any atom is -0.454 e. The summed E-state index contributed by atoms with van der Waals surface area (Å²) >= 11 is 5.80. The lowest BCUT2D eigenvalue weighted by Gasteiger charge is -2.25. The first-order valence-electron chi connectivity index (χ1n) is 10.3. The summed E-state index contributed by atoms with van der Waals surface area (Å²) in [6, 6.07) is 12.4. The van der Waals surface area contributed by atoms with E-state index in [-0.39, 0.29) is 35.0 Å². The van der Waals surface area contributed by atoms with E-state index in [1.54, 1.807) is 36.4 Å². The number of Topliss-reactive ketones (excluding diaryl/α,β-unsaturated/α-hetero) is 1. The van der Waals surface area contributed by atoms with Gasteiger partial charge in [-0.3, -0.25) is 19.3 Å². The lowest BCUT2D eigenvalue weighted by molar-refractivity contribution is -0.122. The zero-order valence-electron chi connectivity index (χ0n) is 17.0. The molecule has 160 valence electrons. The molecule has 1 aliphatic carbocycles. The average molecular weight is 440 g/mol. The van der Waals surface area contributed by atoms with E-state index < -0.39 is 12.6 Å². The minimum absolute atomic E-state index is 0.161. The van der Waals surface area contributed by atoms with Crippen LogP contribution in [-0.2, 0) is 14.3 Å². The Bertz CT molecular complexity index is 1030. The first-order valence-corrected chi connectivity index (χ1v) is 10.7. The number of rotatable bonds is 5. The van der Waals surface area contributed by atoms with Crippen molar-refractivity contribution < 1.29 is 23.9 Å². The van der Waals surface area contributed by atoms with Gasteiger partial charge in [0.15, 0.2) is 12.4 Å². The SMILES string of the molecule is C[C@@H]1CC[C@@H]2C(=O)N(c3ccc(C(=O)OCC(=O)c4ccc(Cl)cc4)cc3)C(=O)[C@H]2C1. The quantitative estimate of drug-likeness (QED) is 0.394. The zero-order valence-corrected chi connectivity index (χ0v) is 17.8. The maximum atomic E-state index is 12.8. The fraction of sp³-hybridized carbons (Fsp3) is 0.333. The molecule has 2 aliphatic rings. The summed E-state index contributed by atoms with van der Waals surface area (Å²) in [6.07, 6.45) is 2.42. The van der Waals surface area contributed by atoms with Crippen LogP contribution in [0.15, 0.2) is 48.5 Å². The van der Waals surface area contributed by atoms with Gasteiger partial charge in [-0.15, -0.1) is 0 Å². The van der Waals surface area contributed by atoms with Crippen LogP contribution in [-0.4, -0.2) is 30.2 Å². The van der Waals surface area contributed by atoms with Gasteiger partial charge < -0.3 is 4.74 Å². The van der Waals surface area contributed by atoms with Gasteiger partial charge in [0, 0.05) is 10.6 Å². The van der Waals surface area contributed by atoms with Crippen molar-refractivity contribution in [1.29, 1.82) is 0 Å². The topological polar surface area (TPSA) is 80.8 Å². The second kappa shape index (κ2) is 8.63. The van der Waals surface area contributed by atoms with Crippen molar-refractivity contribution in [1.82, 2.24) is 0 Å². The molecule has 2 amide bonds. The monoisotopic (exact) mass is 439 g/mol. The Morgan fingerprint density at radius 1 is 0.935 bits per heavy atom. The Kier molecular flexibility index (Phi) is 5.92. The van der Waals surface area contributed by atoms with Crippen LogP contribution >= 0.6 is 11.6 Å². The molecule has 2 aromatic carbocycles. The van der Waals surface area contributed by atoms with Crippen molar-refractivity contribution in [2.45, 2.75) is 26.2 Å². The second-order valence-electron chi connectivity index (χ2n) is 8.20. The molecule has 31 heavy (non-hydrogen) atoms. The number of ether oxygens (including phenoxy) is 1. The molecule has 1 heterocycles. The van der Waals surface area contributed by atoms with Gasteiger partial charge in [-0.25, -0.2) is 4.79 Å². The number of anilines is 1. The number of imide groups is 1. The molecule has 3 atom stereocenters. The summed E-state index contributed by atoms with van der Waals surface area (Å²) in [7, 11) is 0. The molecule has 2 fully saturated rings. The molecule has 1 saturated heterocycles. The number of esters is 1. The Morgan fingerprint density at radius 2 is 1.55 bits per heavy atom. The number of hydrogen-bond acceptors (Lipinski definition) is 5. The molecule has 0 spiro atoms. The lowest BCUT2D eigenvalue weighted by atomic mass is 9.76. The van der Waals surface area contributed by atoms with Gasteiger partial charge in [0.1, 0.15) is 0 Å². The van der Waals surface area contributed by atoms with E-state index in [2.05, 4.69) is 6.92 Å². The van der Waals surface area contributed by atoms with Crippen LogP contribution in [0.25, 0.3) is 0 Å². The van der Waals surface area contributed by atoms with Crippen molar-refractivity contribution in [3.63, 3.8) is 0 Å². The smallest absolute Gasteiger partial charge is 0.338 e. The molecule has 2 aromatic rings. The van der Waals surface area contributed by atoms with Crippen LogP contribution in [0, 0.1) is 17.8 Å². The standard InChI is InChI=1S/C24H22ClNO5/c1-14-2-11-19-20(12-14)23(29)26(22(19)28)18-9-5-16(6-10-18)24(30)31-13-21(27)15-3-7-17(25)8-4-15/h3-10,14,19-20H,2,11-13H2,1H3/t14-,19+,20+/m1/s1. The molecule has 0 N–H and O–H groups in total. The number of hydrogen-bond donors (Lipinski definition) is 0. The van der Waals surface area contributed by atoms with Gasteiger partial charge in [0.2, 0.25) is 11.8 Å². The van der Waals surface area contributed by atoms with E-state index in [1.165, 1.54) is 17.0 Å². The van der Waals surface area contributed by atoms with E-state index in [4.69, 9.17) is 16.3 Å². The molecular formula is C24H22ClNO5. The van der Waals surface area contributed by atoms with Crippen molar-refractivity contribution in [2.24, 2.45) is 17.8 Å². The molecule has 0 radical (unpaired) electrons. The number of ketones is 1. The first kappa shape index (κ1) is 21.2. The van der Waals surface area contributed by atoms with E-state index in [0.717, 1.165) is 19.3 Å². The molecule has 0 aromatic heterocycles. The average Bonchev–Trinajstić information content (AvgIpc) is 3.02. The molecule has 1 aliphatic heterocycles. The van der Waals surface area contributed by atoms with Crippen LogP contribution in [0.1, 0.15) is 46.9 Å². The van der Waals surface area contributed by atoms with Crippen LogP contribution < -0.4 is 4.90 Å². The number of carbonyl (C=O) groups is 4. The normalized spacial score (nSPS) is 22.9. The first-order chi connectivity index (χ1) is 14.8. The van der Waals surface area contributed by atoms with E-state index in [9.17, 15) is 19.2 Å². The molecule has 0 bridgehead atoms. The Balaban J connectivity index is 1.40. The third-order valence-electron chi connectivity index (χ3n) is 6.05. The minimum atomic E-state index is -0.657. The molecule has 1 saturated carbocycles. The largest absolute Gasteiger partial charge is 0.454 e. The van der Waals surface area contributed by atoms with Crippen LogP contribution in [0.4, 0.5) is 5.69 Å². The van der Waals surface area contributed by atoms with Crippen molar-refractivity contribution in [2.75, 3.05) is 11.5 Å². The number of benzene rings is 2. The Morgan fingerprint density at radius 3 is 2.23 bits per heavy atom. The molecule has 4 rings (SSSR count). The fourth-order valence-corrected chi connectivity index (χ4v) is 4.45. The van der Waals surface area contributed by atoms with Gasteiger partial charge in [0.25, 0.3) is 0 Å². The number of carbonyl (C=O) groups excluding carboxylic acids is 4. The van der Waals surface area contributed by atoms with Crippen LogP contribution in [0.2, 0.25) is 5.02 Å². The van der Waals surface area contributed by atoms with Gasteiger partial charge >= 0.3 is 5.97 Å². The van der Waals surface area contributed by atoms with Gasteiger partial charge in [-0.2, -0.15) is 0 Å². The molecule has 6 nitrogen and oxygen atoms in total. The zero-order chi connectivity index (χ0) is 22.1. The number of halogens is 1. The fourth-order valence-electron chi connectivity index (χ4n) is 4.32. The number of amides is 2. The highest BCUT2D eigenvalue weighted by Crippen LogP contribution is 2.42. The highest BCUT2D eigenvalue weighted by molar-refractivity contribution is 6.30. The summed E-state index contributed by atoms with van der Waals surface area (Å²) < 4.78 is 5.10. The molecule has 0 unspecified atom stereocenters. The summed E-state index contributed by atoms with van der Waals surface area (Å²) in [4.78, 5) is 51.3. The third kappa shape index (κ3) is 4.26. The van der Waals surface area contributed by atoms with Crippen molar-refractivity contribution in [3.8, 4) is 0 Å². The van der Waals surface area contributed by atoms with Crippen LogP contribution in [0.5, 0.6) is 0 Å². The lowest BCUT2D eigenvalue weighted by Crippen LogP contribution is -2.30. The molecular weight excluding hydrogens is 418 g/mol. The highest BCUT2D eigenvalue weighted by Gasteiger charge is 2.49. The van der Waals surface area contributed by atoms with E-state index in [1.807, 2.05) is 0 Å². The summed E-state index contributed by atoms with van der Waals surface area (Å²) in [5.74, 6) is -1.38. The van der Waals surface area contributed by atoms with Crippen molar-refractivity contribution >= 4 is 40.9 Å². The van der Waals surface area contributed by atoms with Crippen molar-refractivity contribution in [3.05, 3.63) is 64.7 Å². The van der Waals surface area contributed by atoms with E-state index >= 15 is 0 Å². The highest BCUT2D eigenvalue weighted by atomic mass is 35.5. The second-order valence-corrected chi connectivity index (χ2v) is 8.63.